The van der Waals surface area contributed by atoms with Gasteiger partial charge in [-0.1, -0.05) is 12.1 Å². The molecule has 1 aromatic rings. The van der Waals surface area contributed by atoms with E-state index in [1.54, 1.807) is 13.1 Å². The van der Waals surface area contributed by atoms with Crippen molar-refractivity contribution < 1.29 is 4.39 Å². The van der Waals surface area contributed by atoms with E-state index in [-0.39, 0.29) is 5.82 Å². The van der Waals surface area contributed by atoms with Gasteiger partial charge >= 0.3 is 0 Å². The summed E-state index contributed by atoms with van der Waals surface area (Å²) < 4.78 is 13.9. The van der Waals surface area contributed by atoms with Gasteiger partial charge in [0.15, 0.2) is 5.96 Å². The number of aliphatic imine (C=N–C) groups is 1. The Morgan fingerprint density at radius 3 is 2.56 bits per heavy atom. The minimum Gasteiger partial charge on any atom is -0.367 e. The number of hydrogen-bond acceptors (Lipinski definition) is 4. The van der Waals surface area contributed by atoms with Gasteiger partial charge in [-0.05, 0) is 31.4 Å². The molecule has 0 saturated carbocycles. The molecule has 25 heavy (non-hydrogen) atoms. The molecule has 1 saturated heterocycles. The van der Waals surface area contributed by atoms with Gasteiger partial charge in [0.2, 0.25) is 0 Å². The first-order valence-electron chi connectivity index (χ1n) is 8.90. The normalized spacial score (nSPS) is 16.1. The number of guanidine groups is 1. The minimum absolute atomic E-state index is 0.125. The number of anilines is 1. The topological polar surface area (TPSA) is 42.9 Å². The molecule has 7 heteroatoms. The van der Waals surface area contributed by atoms with Crippen LogP contribution in [-0.2, 0) is 0 Å². The number of para-hydroxylation sites is 1. The lowest BCUT2D eigenvalue weighted by atomic mass is 10.2. The third kappa shape index (κ3) is 6.74. The molecule has 0 aliphatic carbocycles. The van der Waals surface area contributed by atoms with Crippen LogP contribution in [0.2, 0.25) is 0 Å². The number of piperazine rings is 1. The Hall–Kier alpha value is -1.47. The van der Waals surface area contributed by atoms with Crippen molar-refractivity contribution in [2.75, 3.05) is 69.8 Å². The molecular weight excluding hydrogens is 337 g/mol. The fourth-order valence-electron chi connectivity index (χ4n) is 2.92. The highest BCUT2D eigenvalue weighted by molar-refractivity contribution is 7.98. The lowest BCUT2D eigenvalue weighted by Gasteiger charge is -2.36. The zero-order valence-corrected chi connectivity index (χ0v) is 16.1. The van der Waals surface area contributed by atoms with Crippen LogP contribution in [-0.4, -0.2) is 75.7 Å². The highest BCUT2D eigenvalue weighted by Gasteiger charge is 2.18. The van der Waals surface area contributed by atoms with E-state index in [4.69, 9.17) is 0 Å². The molecule has 1 aromatic carbocycles. The Morgan fingerprint density at radius 2 is 1.88 bits per heavy atom. The monoisotopic (exact) mass is 367 g/mol. The predicted octanol–water partition coefficient (Wildman–Crippen LogP) is 1.87. The Kier molecular flexibility index (Phi) is 8.90. The number of nitrogens with one attached hydrogen (secondary N) is 2. The lowest BCUT2D eigenvalue weighted by Crippen LogP contribution is -2.47. The summed E-state index contributed by atoms with van der Waals surface area (Å²) in [6, 6.07) is 7.04. The molecular formula is C18H30FN5S. The third-order valence-corrected chi connectivity index (χ3v) is 4.94. The van der Waals surface area contributed by atoms with Crippen LogP contribution in [0.1, 0.15) is 6.42 Å². The lowest BCUT2D eigenvalue weighted by molar-refractivity contribution is 0.254. The highest BCUT2D eigenvalue weighted by Crippen LogP contribution is 2.20. The molecule has 5 nitrogen and oxygen atoms in total. The van der Waals surface area contributed by atoms with Crippen LogP contribution >= 0.6 is 11.8 Å². The first kappa shape index (κ1) is 19.8. The van der Waals surface area contributed by atoms with Gasteiger partial charge in [-0.15, -0.1) is 0 Å². The predicted molar refractivity (Wildman–Crippen MR) is 107 cm³/mol. The number of hydrogen-bond donors (Lipinski definition) is 2. The second-order valence-electron chi connectivity index (χ2n) is 6.05. The number of thioether (sulfide) groups is 1. The van der Waals surface area contributed by atoms with Crippen LogP contribution in [0.5, 0.6) is 0 Å². The van der Waals surface area contributed by atoms with E-state index in [9.17, 15) is 4.39 Å². The number of benzene rings is 1. The summed E-state index contributed by atoms with van der Waals surface area (Å²) in [5, 5.41) is 6.65. The average molecular weight is 368 g/mol. The second kappa shape index (κ2) is 11.2. The molecule has 2 rings (SSSR count). The molecule has 2 N–H and O–H groups in total. The van der Waals surface area contributed by atoms with Crippen LogP contribution in [0.25, 0.3) is 0 Å². The van der Waals surface area contributed by atoms with Crippen LogP contribution < -0.4 is 15.5 Å². The summed E-state index contributed by atoms with van der Waals surface area (Å²) in [6.45, 7) is 6.62. The molecule has 0 atom stereocenters. The van der Waals surface area contributed by atoms with Gasteiger partial charge in [-0.3, -0.25) is 9.89 Å². The van der Waals surface area contributed by atoms with Crippen molar-refractivity contribution in [3.05, 3.63) is 30.1 Å². The summed E-state index contributed by atoms with van der Waals surface area (Å²) in [7, 11) is 1.80. The fourth-order valence-corrected chi connectivity index (χ4v) is 3.23. The van der Waals surface area contributed by atoms with Gasteiger partial charge in [0.25, 0.3) is 0 Å². The highest BCUT2D eigenvalue weighted by atomic mass is 32.2. The molecule has 0 spiro atoms. The van der Waals surface area contributed by atoms with Gasteiger partial charge in [-0.2, -0.15) is 11.8 Å². The average Bonchev–Trinajstić information content (AvgIpc) is 2.65. The van der Waals surface area contributed by atoms with Crippen molar-refractivity contribution in [3.63, 3.8) is 0 Å². The summed E-state index contributed by atoms with van der Waals surface area (Å²) in [6.07, 6.45) is 3.17. The molecule has 0 aromatic heterocycles. The van der Waals surface area contributed by atoms with Crippen molar-refractivity contribution in [1.82, 2.24) is 15.5 Å². The largest absolute Gasteiger partial charge is 0.367 e. The summed E-state index contributed by atoms with van der Waals surface area (Å²) >= 11 is 1.82. The summed E-state index contributed by atoms with van der Waals surface area (Å²) in [5.74, 6) is 1.83. The second-order valence-corrected chi connectivity index (χ2v) is 7.04. The van der Waals surface area contributed by atoms with E-state index in [0.717, 1.165) is 69.6 Å². The molecule has 0 radical (unpaired) electrons. The maximum atomic E-state index is 13.9. The van der Waals surface area contributed by atoms with E-state index in [1.807, 2.05) is 23.9 Å². The number of halogens is 1. The van der Waals surface area contributed by atoms with Gasteiger partial charge in [0.05, 0.1) is 5.69 Å². The van der Waals surface area contributed by atoms with E-state index in [0.29, 0.717) is 0 Å². The standard InChI is InChI=1S/C18H30FN5S/c1-20-18(22-9-15-25-2)21-8-5-10-23-11-13-24(14-12-23)17-7-4-3-6-16(17)19/h3-4,6-7H,5,8-15H2,1-2H3,(H2,20,21,22). The fraction of sp³-hybridized carbons (Fsp3) is 0.611. The molecule has 1 fully saturated rings. The molecule has 1 aliphatic heterocycles. The minimum atomic E-state index is -0.125. The third-order valence-electron chi connectivity index (χ3n) is 4.33. The van der Waals surface area contributed by atoms with Crippen LogP contribution in [0.4, 0.5) is 10.1 Å². The first-order chi connectivity index (χ1) is 12.2. The maximum absolute atomic E-state index is 13.9. The van der Waals surface area contributed by atoms with E-state index in [2.05, 4.69) is 31.7 Å². The number of nitrogens with zero attached hydrogens (tertiary/aromatic N) is 3. The molecule has 1 heterocycles. The van der Waals surface area contributed by atoms with Crippen molar-refractivity contribution in [2.24, 2.45) is 4.99 Å². The number of rotatable bonds is 8. The van der Waals surface area contributed by atoms with Crippen molar-refractivity contribution in [2.45, 2.75) is 6.42 Å². The van der Waals surface area contributed by atoms with E-state index in [1.165, 1.54) is 6.07 Å². The Labute approximate surface area is 155 Å². The van der Waals surface area contributed by atoms with Gasteiger partial charge in [0.1, 0.15) is 5.82 Å². The van der Waals surface area contributed by atoms with E-state index >= 15 is 0 Å². The van der Waals surface area contributed by atoms with Crippen LogP contribution in [0.3, 0.4) is 0 Å². The van der Waals surface area contributed by atoms with Crippen molar-refractivity contribution in [1.29, 1.82) is 0 Å². The van der Waals surface area contributed by atoms with Crippen LogP contribution in [0.15, 0.2) is 29.3 Å². The van der Waals surface area contributed by atoms with Gasteiger partial charge in [-0.25, -0.2) is 4.39 Å². The van der Waals surface area contributed by atoms with Crippen molar-refractivity contribution >= 4 is 23.4 Å². The van der Waals surface area contributed by atoms with Gasteiger partial charge < -0.3 is 15.5 Å². The van der Waals surface area contributed by atoms with Crippen LogP contribution in [0, 0.1) is 5.82 Å². The molecule has 140 valence electrons. The SMILES string of the molecule is CN=C(NCCCN1CCN(c2ccccc2F)CC1)NCCSC. The summed E-state index contributed by atoms with van der Waals surface area (Å²) in [5.41, 5.74) is 0.726. The van der Waals surface area contributed by atoms with Crippen molar-refractivity contribution in [3.8, 4) is 0 Å². The summed E-state index contributed by atoms with van der Waals surface area (Å²) in [4.78, 5) is 8.81. The molecule has 1 aliphatic rings. The quantitative estimate of drug-likeness (QED) is 0.417. The maximum Gasteiger partial charge on any atom is 0.191 e. The molecule has 0 unspecified atom stereocenters. The molecule has 0 amide bonds. The zero-order valence-electron chi connectivity index (χ0n) is 15.3. The first-order valence-corrected chi connectivity index (χ1v) is 10.3. The Balaban J connectivity index is 1.62. The molecule has 0 bridgehead atoms. The zero-order chi connectivity index (χ0) is 17.9. The smallest absolute Gasteiger partial charge is 0.191 e. The Bertz CT molecular complexity index is 532. The van der Waals surface area contributed by atoms with Gasteiger partial charge in [0, 0.05) is 52.1 Å². The van der Waals surface area contributed by atoms with E-state index < -0.39 is 0 Å². The Morgan fingerprint density at radius 1 is 1.16 bits per heavy atom.